The summed E-state index contributed by atoms with van der Waals surface area (Å²) in [6.07, 6.45) is 2.51. The van der Waals surface area contributed by atoms with E-state index in [0.29, 0.717) is 6.54 Å². The lowest BCUT2D eigenvalue weighted by Crippen LogP contribution is -2.49. The number of urea groups is 1. The highest BCUT2D eigenvalue weighted by Crippen LogP contribution is 2.26. The second-order valence-electron chi connectivity index (χ2n) is 6.51. The van der Waals surface area contributed by atoms with Gasteiger partial charge in [0.25, 0.3) is 0 Å². The largest absolute Gasteiger partial charge is 0.467 e. The van der Waals surface area contributed by atoms with Crippen molar-refractivity contribution >= 4 is 6.03 Å². The number of amides is 2. The number of carbonyl (C=O) groups excluding carboxylic acids is 1. The molecule has 0 aromatic carbocycles. The number of hydrogen-bond donors (Lipinski definition) is 2. The maximum atomic E-state index is 11.8. The topological polar surface area (TPSA) is 54.3 Å². The molecule has 0 saturated carbocycles. The number of rotatable bonds is 4. The van der Waals surface area contributed by atoms with Gasteiger partial charge in [0.1, 0.15) is 5.76 Å². The molecular weight excluding hydrogens is 228 g/mol. The Bertz CT molecular complexity index is 375. The minimum Gasteiger partial charge on any atom is -0.467 e. The van der Waals surface area contributed by atoms with E-state index in [1.165, 1.54) is 0 Å². The molecule has 0 aliphatic heterocycles. The summed E-state index contributed by atoms with van der Waals surface area (Å²) in [7, 11) is 0. The number of nitrogens with one attached hydrogen (secondary N) is 2. The molecule has 18 heavy (non-hydrogen) atoms. The molecule has 4 nitrogen and oxygen atoms in total. The summed E-state index contributed by atoms with van der Waals surface area (Å²) in [5.74, 6) is 0.749. The van der Waals surface area contributed by atoms with Crippen LogP contribution in [0, 0.1) is 5.41 Å². The molecule has 0 atom stereocenters. The van der Waals surface area contributed by atoms with Crippen molar-refractivity contribution in [3.8, 4) is 0 Å². The summed E-state index contributed by atoms with van der Waals surface area (Å²) in [4.78, 5) is 11.8. The van der Waals surface area contributed by atoms with Crippen LogP contribution in [0.25, 0.3) is 0 Å². The van der Waals surface area contributed by atoms with Crippen molar-refractivity contribution in [1.29, 1.82) is 0 Å². The predicted octanol–water partition coefficient (Wildman–Crippen LogP) is 3.29. The van der Waals surface area contributed by atoms with Gasteiger partial charge in [-0.15, -0.1) is 0 Å². The van der Waals surface area contributed by atoms with Crippen LogP contribution >= 0.6 is 0 Å². The standard InChI is InChI=1S/C14H24N2O2/c1-13(2,3)10-14(4,5)16-12(17)15-9-11-7-6-8-18-11/h6-8H,9-10H2,1-5H3,(H2,15,16,17). The van der Waals surface area contributed by atoms with E-state index in [-0.39, 0.29) is 17.0 Å². The minimum absolute atomic E-state index is 0.166. The van der Waals surface area contributed by atoms with Crippen molar-refractivity contribution < 1.29 is 9.21 Å². The smallest absolute Gasteiger partial charge is 0.315 e. The first-order valence-corrected chi connectivity index (χ1v) is 6.26. The molecule has 0 bridgehead atoms. The Hall–Kier alpha value is -1.45. The average Bonchev–Trinajstić information content (AvgIpc) is 2.61. The highest BCUT2D eigenvalue weighted by atomic mass is 16.3. The lowest BCUT2D eigenvalue weighted by atomic mass is 9.82. The first kappa shape index (κ1) is 14.6. The Kier molecular flexibility index (Phi) is 4.43. The molecule has 0 aliphatic carbocycles. The molecule has 4 heteroatoms. The van der Waals surface area contributed by atoms with Gasteiger partial charge in [-0.3, -0.25) is 0 Å². The molecular formula is C14H24N2O2. The summed E-state index contributed by atoms with van der Waals surface area (Å²) < 4.78 is 5.15. The van der Waals surface area contributed by atoms with E-state index in [4.69, 9.17) is 4.42 Å². The highest BCUT2D eigenvalue weighted by Gasteiger charge is 2.26. The Balaban J connectivity index is 2.39. The van der Waals surface area contributed by atoms with Gasteiger partial charge < -0.3 is 15.1 Å². The normalized spacial score (nSPS) is 12.3. The van der Waals surface area contributed by atoms with Crippen LogP contribution < -0.4 is 10.6 Å². The summed E-state index contributed by atoms with van der Waals surface area (Å²) in [5, 5.41) is 5.77. The van der Waals surface area contributed by atoms with E-state index in [1.807, 2.05) is 19.9 Å². The fourth-order valence-corrected chi connectivity index (χ4v) is 2.30. The van der Waals surface area contributed by atoms with Gasteiger partial charge in [0, 0.05) is 5.54 Å². The van der Waals surface area contributed by atoms with Crippen molar-refractivity contribution in [1.82, 2.24) is 10.6 Å². The zero-order chi connectivity index (χ0) is 13.8. The van der Waals surface area contributed by atoms with Crippen molar-refractivity contribution in [2.45, 2.75) is 53.1 Å². The molecule has 0 unspecified atom stereocenters. The van der Waals surface area contributed by atoms with Crippen LogP contribution in [-0.4, -0.2) is 11.6 Å². The van der Waals surface area contributed by atoms with Crippen LogP contribution in [0.3, 0.4) is 0 Å². The summed E-state index contributed by atoms with van der Waals surface area (Å²) in [6, 6.07) is 3.47. The second-order valence-corrected chi connectivity index (χ2v) is 6.51. The molecule has 0 fully saturated rings. The van der Waals surface area contributed by atoms with Crippen LogP contribution in [0.5, 0.6) is 0 Å². The monoisotopic (exact) mass is 252 g/mol. The zero-order valence-corrected chi connectivity index (χ0v) is 12.0. The van der Waals surface area contributed by atoms with E-state index in [2.05, 4.69) is 31.4 Å². The molecule has 1 rings (SSSR count). The lowest BCUT2D eigenvalue weighted by Gasteiger charge is -2.33. The van der Waals surface area contributed by atoms with E-state index in [0.717, 1.165) is 12.2 Å². The van der Waals surface area contributed by atoms with E-state index >= 15 is 0 Å². The zero-order valence-electron chi connectivity index (χ0n) is 12.0. The Morgan fingerprint density at radius 1 is 1.28 bits per heavy atom. The maximum absolute atomic E-state index is 11.8. The van der Waals surface area contributed by atoms with Crippen LogP contribution in [0.2, 0.25) is 0 Å². The van der Waals surface area contributed by atoms with Gasteiger partial charge >= 0.3 is 6.03 Å². The maximum Gasteiger partial charge on any atom is 0.315 e. The Morgan fingerprint density at radius 3 is 2.44 bits per heavy atom. The van der Waals surface area contributed by atoms with E-state index < -0.39 is 0 Å². The van der Waals surface area contributed by atoms with Gasteiger partial charge in [0.05, 0.1) is 12.8 Å². The number of hydrogen-bond acceptors (Lipinski definition) is 2. The molecule has 1 aromatic rings. The third kappa shape index (κ3) is 5.75. The van der Waals surface area contributed by atoms with Crippen LogP contribution in [0.15, 0.2) is 22.8 Å². The molecule has 2 amide bonds. The van der Waals surface area contributed by atoms with E-state index in [1.54, 1.807) is 12.3 Å². The first-order chi connectivity index (χ1) is 8.18. The second kappa shape index (κ2) is 5.46. The predicted molar refractivity (Wildman–Crippen MR) is 72.2 cm³/mol. The van der Waals surface area contributed by atoms with Crippen molar-refractivity contribution in [2.24, 2.45) is 5.41 Å². The Morgan fingerprint density at radius 2 is 1.94 bits per heavy atom. The van der Waals surface area contributed by atoms with Crippen LogP contribution in [0.4, 0.5) is 4.79 Å². The van der Waals surface area contributed by atoms with Crippen LogP contribution in [0.1, 0.15) is 46.8 Å². The van der Waals surface area contributed by atoms with Crippen molar-refractivity contribution in [3.63, 3.8) is 0 Å². The molecule has 0 spiro atoms. The van der Waals surface area contributed by atoms with Gasteiger partial charge in [0.2, 0.25) is 0 Å². The number of carbonyl (C=O) groups is 1. The quantitative estimate of drug-likeness (QED) is 0.864. The summed E-state index contributed by atoms with van der Waals surface area (Å²) >= 11 is 0. The fourth-order valence-electron chi connectivity index (χ4n) is 2.30. The SMILES string of the molecule is CC(C)(C)CC(C)(C)NC(=O)NCc1ccco1. The molecule has 1 heterocycles. The molecule has 0 aliphatic rings. The minimum atomic E-state index is -0.231. The fraction of sp³-hybridized carbons (Fsp3) is 0.643. The summed E-state index contributed by atoms with van der Waals surface area (Å²) in [6.45, 7) is 11.0. The molecule has 1 aromatic heterocycles. The third-order valence-corrected chi connectivity index (χ3v) is 2.43. The van der Waals surface area contributed by atoms with Crippen LogP contribution in [-0.2, 0) is 6.54 Å². The van der Waals surface area contributed by atoms with Gasteiger partial charge in [-0.25, -0.2) is 4.79 Å². The Labute approximate surface area is 109 Å². The lowest BCUT2D eigenvalue weighted by molar-refractivity contribution is 0.209. The third-order valence-electron chi connectivity index (χ3n) is 2.43. The molecule has 102 valence electrons. The van der Waals surface area contributed by atoms with Crippen molar-refractivity contribution in [3.05, 3.63) is 24.2 Å². The van der Waals surface area contributed by atoms with Gasteiger partial charge in [-0.05, 0) is 37.8 Å². The highest BCUT2D eigenvalue weighted by molar-refractivity contribution is 5.74. The van der Waals surface area contributed by atoms with Gasteiger partial charge in [-0.2, -0.15) is 0 Å². The first-order valence-electron chi connectivity index (χ1n) is 6.26. The van der Waals surface area contributed by atoms with E-state index in [9.17, 15) is 4.79 Å². The van der Waals surface area contributed by atoms with Gasteiger partial charge in [-0.1, -0.05) is 20.8 Å². The number of furan rings is 1. The average molecular weight is 252 g/mol. The molecule has 0 saturated heterocycles. The molecule has 0 radical (unpaired) electrons. The summed E-state index contributed by atoms with van der Waals surface area (Å²) in [5.41, 5.74) is -0.0523. The van der Waals surface area contributed by atoms with Gasteiger partial charge in [0.15, 0.2) is 0 Å². The molecule has 2 N–H and O–H groups in total. The van der Waals surface area contributed by atoms with Crippen molar-refractivity contribution in [2.75, 3.05) is 0 Å².